The van der Waals surface area contributed by atoms with E-state index in [1.165, 1.54) is 5.56 Å². The van der Waals surface area contributed by atoms with Crippen molar-refractivity contribution in [2.24, 2.45) is 0 Å². The monoisotopic (exact) mass is 482 g/mol. The highest BCUT2D eigenvalue weighted by atomic mass is 16.3. The van der Waals surface area contributed by atoms with Crippen LogP contribution in [0.4, 0.5) is 5.69 Å². The molecule has 36 heavy (non-hydrogen) atoms. The Morgan fingerprint density at radius 3 is 2.53 bits per heavy atom. The molecule has 1 aliphatic rings. The Balaban J connectivity index is 1.54. The molecule has 184 valence electrons. The van der Waals surface area contributed by atoms with Crippen molar-refractivity contribution in [2.75, 3.05) is 4.90 Å². The fourth-order valence-corrected chi connectivity index (χ4v) is 4.71. The molecule has 0 saturated carbocycles. The Bertz CT molecular complexity index is 1400. The van der Waals surface area contributed by atoms with Gasteiger partial charge in [-0.25, -0.2) is 0 Å². The van der Waals surface area contributed by atoms with Crippen molar-refractivity contribution < 1.29 is 14.0 Å². The number of benzene rings is 2. The molecule has 2 amide bonds. The first-order valence-electron chi connectivity index (χ1n) is 12.2. The lowest BCUT2D eigenvalue weighted by Gasteiger charge is -2.43. The number of nitrogens with zero attached hydrogens (tertiary/aromatic N) is 3. The molecule has 3 heterocycles. The second kappa shape index (κ2) is 9.15. The molecule has 2 aromatic heterocycles. The molecule has 0 saturated heterocycles. The number of carbonyl (C=O) groups excluding carboxylic acids is 2. The van der Waals surface area contributed by atoms with E-state index in [9.17, 15) is 9.59 Å². The van der Waals surface area contributed by atoms with E-state index in [0.717, 1.165) is 11.1 Å². The van der Waals surface area contributed by atoms with Crippen LogP contribution in [0, 0.1) is 6.92 Å². The lowest BCUT2D eigenvalue weighted by atomic mass is 9.93. The summed E-state index contributed by atoms with van der Waals surface area (Å²) in [6.07, 6.45) is 1.57. The third kappa shape index (κ3) is 4.11. The Labute approximate surface area is 210 Å². The van der Waals surface area contributed by atoms with Gasteiger partial charge in [0.25, 0.3) is 5.91 Å². The quantitative estimate of drug-likeness (QED) is 0.404. The maximum Gasteiger partial charge on any atom is 0.277 e. The summed E-state index contributed by atoms with van der Waals surface area (Å²) in [5, 5.41) is 7.69. The van der Waals surface area contributed by atoms with Crippen LogP contribution < -0.4 is 10.2 Å². The molecule has 1 aliphatic heterocycles. The summed E-state index contributed by atoms with van der Waals surface area (Å²) in [4.78, 5) is 29.3. The van der Waals surface area contributed by atoms with Gasteiger partial charge in [0.2, 0.25) is 5.91 Å². The highest BCUT2D eigenvalue weighted by Crippen LogP contribution is 2.35. The molecule has 4 aromatic rings. The van der Waals surface area contributed by atoms with E-state index in [2.05, 4.69) is 24.3 Å². The van der Waals surface area contributed by atoms with Gasteiger partial charge in [-0.1, -0.05) is 50.2 Å². The van der Waals surface area contributed by atoms with Gasteiger partial charge in [-0.05, 0) is 60.7 Å². The van der Waals surface area contributed by atoms with E-state index in [1.54, 1.807) is 41.0 Å². The van der Waals surface area contributed by atoms with Crippen LogP contribution in [-0.4, -0.2) is 27.1 Å². The van der Waals surface area contributed by atoms with Crippen molar-refractivity contribution in [2.45, 2.75) is 52.2 Å². The number of hydrogen-bond donors (Lipinski definition) is 1. The Morgan fingerprint density at radius 1 is 1.11 bits per heavy atom. The number of furan rings is 1. The molecule has 0 unspecified atom stereocenters. The largest absolute Gasteiger partial charge is 0.463 e. The van der Waals surface area contributed by atoms with E-state index in [4.69, 9.17) is 4.42 Å². The third-order valence-electron chi connectivity index (χ3n) is 6.93. The molecule has 1 N–H and O–H groups in total. The van der Waals surface area contributed by atoms with Crippen molar-refractivity contribution in [3.63, 3.8) is 0 Å². The van der Waals surface area contributed by atoms with Gasteiger partial charge >= 0.3 is 0 Å². The molecule has 7 heteroatoms. The average molecular weight is 483 g/mol. The van der Waals surface area contributed by atoms with Crippen LogP contribution in [-0.2, 0) is 17.9 Å². The molecular weight excluding hydrogens is 452 g/mol. The summed E-state index contributed by atoms with van der Waals surface area (Å²) in [5.41, 5.74) is 3.74. The van der Waals surface area contributed by atoms with Gasteiger partial charge in [0, 0.05) is 18.3 Å². The first kappa shape index (κ1) is 23.6. The fraction of sp³-hybridized carbons (Fsp3) is 0.276. The van der Waals surface area contributed by atoms with Crippen molar-refractivity contribution in [3.8, 4) is 11.5 Å². The number of aromatic nitrogens is 2. The lowest BCUT2D eigenvalue weighted by molar-refractivity contribution is -0.126. The molecule has 0 bridgehead atoms. The first-order valence-corrected chi connectivity index (χ1v) is 12.2. The van der Waals surface area contributed by atoms with E-state index in [-0.39, 0.29) is 18.4 Å². The standard InChI is InChI=1S/C29H30N4O3/c1-19(2)21-11-13-23(14-12-21)33-27(34)25-16-24(26-10-7-15-36-26)31-32(25)18-29(33,4)28(35)30-17-22-9-6-5-8-20(22)3/h5-16,19H,17-18H2,1-4H3,(H,30,35)/t29-/m0/s1. The summed E-state index contributed by atoms with van der Waals surface area (Å²) < 4.78 is 7.12. The minimum absolute atomic E-state index is 0.209. The highest BCUT2D eigenvalue weighted by molar-refractivity contribution is 6.12. The van der Waals surface area contributed by atoms with Gasteiger partial charge in [0.1, 0.15) is 16.9 Å². The van der Waals surface area contributed by atoms with Crippen LogP contribution in [0.1, 0.15) is 53.9 Å². The molecule has 0 radical (unpaired) electrons. The number of carbonyl (C=O) groups is 2. The molecule has 1 atom stereocenters. The lowest BCUT2D eigenvalue weighted by Crippen LogP contribution is -2.64. The maximum absolute atomic E-state index is 13.9. The highest BCUT2D eigenvalue weighted by Gasteiger charge is 2.49. The van der Waals surface area contributed by atoms with Gasteiger partial charge in [-0.15, -0.1) is 0 Å². The predicted molar refractivity (Wildman–Crippen MR) is 139 cm³/mol. The topological polar surface area (TPSA) is 80.4 Å². The second-order valence-corrected chi connectivity index (χ2v) is 9.82. The Hall–Kier alpha value is -4.13. The number of nitrogens with one attached hydrogen (secondary N) is 1. The zero-order chi connectivity index (χ0) is 25.4. The van der Waals surface area contributed by atoms with Crippen LogP contribution in [0.25, 0.3) is 11.5 Å². The number of aryl methyl sites for hydroxylation is 1. The van der Waals surface area contributed by atoms with Crippen LogP contribution in [0.2, 0.25) is 0 Å². The van der Waals surface area contributed by atoms with E-state index < -0.39 is 5.54 Å². The summed E-state index contributed by atoms with van der Waals surface area (Å²) in [5.74, 6) is 0.408. The van der Waals surface area contributed by atoms with Crippen molar-refractivity contribution in [1.29, 1.82) is 0 Å². The van der Waals surface area contributed by atoms with Gasteiger partial charge in [-0.3, -0.25) is 19.2 Å². The van der Waals surface area contributed by atoms with Crippen molar-refractivity contribution in [3.05, 3.63) is 95.4 Å². The minimum atomic E-state index is -1.20. The van der Waals surface area contributed by atoms with Crippen LogP contribution >= 0.6 is 0 Å². The first-order chi connectivity index (χ1) is 17.3. The average Bonchev–Trinajstić information content (AvgIpc) is 3.54. The predicted octanol–water partition coefficient (Wildman–Crippen LogP) is 5.31. The van der Waals surface area contributed by atoms with E-state index in [0.29, 0.717) is 35.3 Å². The van der Waals surface area contributed by atoms with Crippen molar-refractivity contribution in [1.82, 2.24) is 15.1 Å². The molecule has 0 fully saturated rings. The van der Waals surface area contributed by atoms with E-state index in [1.807, 2.05) is 55.5 Å². The molecule has 7 nitrogen and oxygen atoms in total. The Morgan fingerprint density at radius 2 is 1.86 bits per heavy atom. The van der Waals surface area contributed by atoms with E-state index >= 15 is 0 Å². The molecule has 0 aliphatic carbocycles. The number of anilines is 1. The zero-order valence-electron chi connectivity index (χ0n) is 21.0. The summed E-state index contributed by atoms with van der Waals surface area (Å²) in [6, 6.07) is 21.1. The van der Waals surface area contributed by atoms with Gasteiger partial charge in [0.15, 0.2) is 5.76 Å². The molecular formula is C29H30N4O3. The maximum atomic E-state index is 13.9. The summed E-state index contributed by atoms with van der Waals surface area (Å²) in [6.45, 7) is 8.64. The minimum Gasteiger partial charge on any atom is -0.463 e. The number of fused-ring (bicyclic) bond motifs is 1. The zero-order valence-corrected chi connectivity index (χ0v) is 21.0. The summed E-state index contributed by atoms with van der Waals surface area (Å²) in [7, 11) is 0. The van der Waals surface area contributed by atoms with Gasteiger partial charge in [0.05, 0.1) is 12.8 Å². The fourth-order valence-electron chi connectivity index (χ4n) is 4.71. The normalized spacial score (nSPS) is 17.4. The number of hydrogen-bond acceptors (Lipinski definition) is 4. The third-order valence-corrected chi connectivity index (χ3v) is 6.93. The SMILES string of the molecule is Cc1ccccc1CNC(=O)[C@]1(C)Cn2nc(-c3ccco3)cc2C(=O)N1c1ccc(C(C)C)cc1. The van der Waals surface area contributed by atoms with Gasteiger partial charge in [-0.2, -0.15) is 5.10 Å². The molecule has 0 spiro atoms. The van der Waals surface area contributed by atoms with Crippen LogP contribution in [0.3, 0.4) is 0 Å². The van der Waals surface area contributed by atoms with Gasteiger partial charge < -0.3 is 9.73 Å². The molecule has 2 aromatic carbocycles. The number of amides is 2. The number of rotatable bonds is 6. The smallest absolute Gasteiger partial charge is 0.277 e. The second-order valence-electron chi connectivity index (χ2n) is 9.82. The Kier molecular flexibility index (Phi) is 6.00. The van der Waals surface area contributed by atoms with Crippen LogP contribution in [0.5, 0.6) is 0 Å². The molecule has 5 rings (SSSR count). The van der Waals surface area contributed by atoms with Crippen LogP contribution in [0.15, 0.2) is 77.4 Å². The van der Waals surface area contributed by atoms with Crippen molar-refractivity contribution >= 4 is 17.5 Å². The summed E-state index contributed by atoms with van der Waals surface area (Å²) >= 11 is 0.